The molecule has 0 fully saturated rings. The average Bonchev–Trinajstić information content (AvgIpc) is 3.36. The molecule has 3 rings (SSSR count). The third-order valence-corrected chi connectivity index (χ3v) is 7.08. The second-order valence-electron chi connectivity index (χ2n) is 5.84. The Bertz CT molecular complexity index is 957. The van der Waals surface area contributed by atoms with Gasteiger partial charge in [0.1, 0.15) is 16.9 Å². The van der Waals surface area contributed by atoms with Crippen LogP contribution in [0.25, 0.3) is 0 Å². The summed E-state index contributed by atoms with van der Waals surface area (Å²) in [4.78, 5) is 16.4. The number of hydrogen-bond acceptors (Lipinski definition) is 6. The SMILES string of the molecule is CN(CC(=O)NC(Cn1cncn1)c1ccccc1)S(=O)(=O)c1cccs1. The average molecular weight is 406 g/mol. The molecule has 1 atom stereocenters. The van der Waals surface area contributed by atoms with Crippen LogP contribution in [0, 0.1) is 0 Å². The van der Waals surface area contributed by atoms with Gasteiger partial charge in [-0.1, -0.05) is 36.4 Å². The molecule has 10 heteroatoms. The maximum Gasteiger partial charge on any atom is 0.252 e. The Balaban J connectivity index is 1.71. The minimum atomic E-state index is -3.68. The van der Waals surface area contributed by atoms with E-state index in [1.807, 2.05) is 30.3 Å². The van der Waals surface area contributed by atoms with Crippen molar-refractivity contribution in [2.45, 2.75) is 16.8 Å². The van der Waals surface area contributed by atoms with E-state index >= 15 is 0 Å². The highest BCUT2D eigenvalue weighted by Gasteiger charge is 2.25. The quantitative estimate of drug-likeness (QED) is 0.613. The molecule has 3 aromatic rings. The standard InChI is InChI=1S/C17H19N5O3S2/c1-21(27(24,25)17-8-5-9-26-17)11-16(23)20-15(10-22-13-18-12-19-22)14-6-3-2-4-7-14/h2-9,12-13,15H,10-11H2,1H3,(H,20,23). The lowest BCUT2D eigenvalue weighted by Gasteiger charge is -2.21. The van der Waals surface area contributed by atoms with Gasteiger partial charge < -0.3 is 5.32 Å². The van der Waals surface area contributed by atoms with Crippen LogP contribution in [0.15, 0.2) is 64.7 Å². The largest absolute Gasteiger partial charge is 0.346 e. The van der Waals surface area contributed by atoms with Gasteiger partial charge in [0.2, 0.25) is 5.91 Å². The first-order chi connectivity index (χ1) is 13.0. The van der Waals surface area contributed by atoms with E-state index in [0.717, 1.165) is 21.2 Å². The summed E-state index contributed by atoms with van der Waals surface area (Å²) in [6, 6.07) is 12.3. The number of rotatable bonds is 8. The molecule has 0 bridgehead atoms. The predicted molar refractivity (Wildman–Crippen MR) is 101 cm³/mol. The smallest absolute Gasteiger partial charge is 0.252 e. The highest BCUT2D eigenvalue weighted by molar-refractivity contribution is 7.91. The number of amides is 1. The summed E-state index contributed by atoms with van der Waals surface area (Å²) in [5.41, 5.74) is 0.894. The van der Waals surface area contributed by atoms with Crippen LogP contribution in [0.2, 0.25) is 0 Å². The van der Waals surface area contributed by atoms with Crippen molar-refractivity contribution in [2.75, 3.05) is 13.6 Å². The molecule has 27 heavy (non-hydrogen) atoms. The van der Waals surface area contributed by atoms with Gasteiger partial charge in [0.25, 0.3) is 10.0 Å². The van der Waals surface area contributed by atoms with Crippen molar-refractivity contribution in [3.8, 4) is 0 Å². The number of carbonyl (C=O) groups excluding carboxylic acids is 1. The van der Waals surface area contributed by atoms with Gasteiger partial charge in [0.05, 0.1) is 19.1 Å². The van der Waals surface area contributed by atoms with Gasteiger partial charge in [-0.15, -0.1) is 11.3 Å². The zero-order chi connectivity index (χ0) is 19.3. The Labute approximate surface area is 161 Å². The van der Waals surface area contributed by atoms with Crippen LogP contribution in [0.5, 0.6) is 0 Å². The first-order valence-corrected chi connectivity index (χ1v) is 10.5. The van der Waals surface area contributed by atoms with E-state index in [1.165, 1.54) is 19.4 Å². The molecule has 0 spiro atoms. The molecule has 0 aliphatic rings. The van der Waals surface area contributed by atoms with Crippen LogP contribution in [0.3, 0.4) is 0 Å². The van der Waals surface area contributed by atoms with Crippen LogP contribution < -0.4 is 5.32 Å². The zero-order valence-corrected chi connectivity index (χ0v) is 16.2. The molecule has 142 valence electrons. The number of nitrogens with one attached hydrogen (secondary N) is 1. The summed E-state index contributed by atoms with van der Waals surface area (Å²) < 4.78 is 27.8. The second kappa shape index (κ2) is 8.42. The van der Waals surface area contributed by atoms with E-state index in [1.54, 1.807) is 22.5 Å². The number of nitrogens with zero attached hydrogens (tertiary/aromatic N) is 4. The fraction of sp³-hybridized carbons (Fsp3) is 0.235. The number of sulfonamides is 1. The van der Waals surface area contributed by atoms with Gasteiger partial charge >= 0.3 is 0 Å². The van der Waals surface area contributed by atoms with Crippen molar-refractivity contribution >= 4 is 27.3 Å². The maximum atomic E-state index is 12.5. The fourth-order valence-corrected chi connectivity index (χ4v) is 4.85. The first kappa shape index (κ1) is 19.2. The molecular formula is C17H19N5O3S2. The molecule has 8 nitrogen and oxygen atoms in total. The third kappa shape index (κ3) is 4.79. The van der Waals surface area contributed by atoms with Crippen LogP contribution >= 0.6 is 11.3 Å². The molecule has 2 aromatic heterocycles. The number of benzene rings is 1. The summed E-state index contributed by atoms with van der Waals surface area (Å²) in [5, 5.41) is 8.65. The molecule has 0 saturated carbocycles. The van der Waals surface area contributed by atoms with Crippen molar-refractivity contribution in [3.63, 3.8) is 0 Å². The van der Waals surface area contributed by atoms with Crippen LogP contribution in [0.1, 0.15) is 11.6 Å². The molecule has 0 aliphatic carbocycles. The van der Waals surface area contributed by atoms with Gasteiger partial charge in [-0.05, 0) is 17.0 Å². The van der Waals surface area contributed by atoms with E-state index in [4.69, 9.17) is 0 Å². The molecule has 1 unspecified atom stereocenters. The lowest BCUT2D eigenvalue weighted by Crippen LogP contribution is -2.40. The lowest BCUT2D eigenvalue weighted by molar-refractivity contribution is -0.122. The van der Waals surface area contributed by atoms with Gasteiger partial charge in [-0.2, -0.15) is 9.40 Å². The summed E-state index contributed by atoms with van der Waals surface area (Å²) in [7, 11) is -2.29. The number of aromatic nitrogens is 3. The topological polar surface area (TPSA) is 97.2 Å². The molecular weight excluding hydrogens is 386 g/mol. The van der Waals surface area contributed by atoms with Crippen molar-refractivity contribution in [1.82, 2.24) is 24.4 Å². The van der Waals surface area contributed by atoms with E-state index < -0.39 is 15.9 Å². The van der Waals surface area contributed by atoms with E-state index in [0.29, 0.717) is 6.54 Å². The Kier molecular flexibility index (Phi) is 5.99. The molecule has 1 N–H and O–H groups in total. The Morgan fingerprint density at radius 3 is 2.67 bits per heavy atom. The van der Waals surface area contributed by atoms with E-state index in [-0.39, 0.29) is 16.8 Å². The minimum Gasteiger partial charge on any atom is -0.346 e. The molecule has 0 aliphatic heterocycles. The Morgan fingerprint density at radius 1 is 1.26 bits per heavy atom. The number of hydrogen-bond donors (Lipinski definition) is 1. The van der Waals surface area contributed by atoms with Crippen LogP contribution in [-0.2, 0) is 21.4 Å². The monoisotopic (exact) mass is 405 g/mol. The Morgan fingerprint density at radius 2 is 2.04 bits per heavy atom. The summed E-state index contributed by atoms with van der Waals surface area (Å²) in [6.07, 6.45) is 2.99. The van der Waals surface area contributed by atoms with Crippen LogP contribution in [-0.4, -0.2) is 47.0 Å². The zero-order valence-electron chi connectivity index (χ0n) is 14.6. The van der Waals surface area contributed by atoms with Gasteiger partial charge in [-0.25, -0.2) is 13.4 Å². The van der Waals surface area contributed by atoms with Crippen LogP contribution in [0.4, 0.5) is 0 Å². The van der Waals surface area contributed by atoms with E-state index in [9.17, 15) is 13.2 Å². The normalized spacial score (nSPS) is 12.8. The van der Waals surface area contributed by atoms with Gasteiger partial charge in [0.15, 0.2) is 0 Å². The van der Waals surface area contributed by atoms with Crippen molar-refractivity contribution < 1.29 is 13.2 Å². The maximum absolute atomic E-state index is 12.5. The number of carbonyl (C=O) groups is 1. The highest BCUT2D eigenvalue weighted by atomic mass is 32.2. The molecule has 2 heterocycles. The lowest BCUT2D eigenvalue weighted by atomic mass is 10.1. The molecule has 1 aromatic carbocycles. The van der Waals surface area contributed by atoms with Crippen molar-refractivity contribution in [2.24, 2.45) is 0 Å². The summed E-state index contributed by atoms with van der Waals surface area (Å²) in [6.45, 7) is 0.109. The molecule has 0 saturated heterocycles. The number of thiophene rings is 1. The van der Waals surface area contributed by atoms with Gasteiger partial charge in [-0.3, -0.25) is 9.48 Å². The minimum absolute atomic E-state index is 0.208. The molecule has 1 amide bonds. The van der Waals surface area contributed by atoms with Gasteiger partial charge in [0, 0.05) is 7.05 Å². The number of likely N-dealkylation sites (N-methyl/N-ethyl adjacent to an activating group) is 1. The fourth-order valence-electron chi connectivity index (χ4n) is 2.52. The predicted octanol–water partition coefficient (Wildman–Crippen LogP) is 1.52. The van der Waals surface area contributed by atoms with E-state index in [2.05, 4.69) is 15.4 Å². The second-order valence-corrected chi connectivity index (χ2v) is 9.06. The Hall–Kier alpha value is -2.56. The summed E-state index contributed by atoms with van der Waals surface area (Å²) >= 11 is 1.12. The first-order valence-electron chi connectivity index (χ1n) is 8.13. The summed E-state index contributed by atoms with van der Waals surface area (Å²) in [5.74, 6) is -0.397. The van der Waals surface area contributed by atoms with Crippen molar-refractivity contribution in [1.29, 1.82) is 0 Å². The molecule has 0 radical (unpaired) electrons. The van der Waals surface area contributed by atoms with Crippen molar-refractivity contribution in [3.05, 3.63) is 66.1 Å². The third-order valence-electron chi connectivity index (χ3n) is 3.90. The highest BCUT2D eigenvalue weighted by Crippen LogP contribution is 2.20.